The zero-order valence-electron chi connectivity index (χ0n) is 33.7. The summed E-state index contributed by atoms with van der Waals surface area (Å²) >= 11 is 0. The van der Waals surface area contributed by atoms with Gasteiger partial charge in [0.2, 0.25) is 0 Å². The molecular weight excluding hydrogens is 709 g/mol. The smallest absolute Gasteiger partial charge is 0.167 e. The van der Waals surface area contributed by atoms with Gasteiger partial charge in [-0.05, 0) is 46.0 Å². The zero-order chi connectivity index (χ0) is 39.8. The molecule has 0 amide bonds. The lowest BCUT2D eigenvalue weighted by Crippen LogP contribution is -2.32. The molecule has 0 atom stereocenters. The number of pyridine rings is 1. The van der Waals surface area contributed by atoms with Crippen LogP contribution in [0.25, 0.3) is 56.4 Å². The van der Waals surface area contributed by atoms with Crippen LogP contribution >= 0.6 is 0 Å². The Hall–Kier alpha value is -6.72. The van der Waals surface area contributed by atoms with Gasteiger partial charge in [0.1, 0.15) is 11.5 Å². The molecule has 58 heavy (non-hydrogen) atoms. The molecule has 5 nitrogen and oxygen atoms in total. The van der Waals surface area contributed by atoms with Gasteiger partial charge in [0.05, 0.1) is 16.7 Å². The van der Waals surface area contributed by atoms with Crippen molar-refractivity contribution in [1.29, 1.82) is 0 Å². The van der Waals surface area contributed by atoms with Crippen molar-refractivity contribution in [1.82, 2.24) is 19.9 Å². The lowest BCUT2D eigenvalue weighted by Gasteiger charge is -2.39. The minimum Gasteiger partial charge on any atom is -0.456 e. The second-order valence-electron chi connectivity index (χ2n) is 17.5. The Morgan fingerprint density at radius 3 is 1.53 bits per heavy atom. The maximum absolute atomic E-state index is 7.00. The summed E-state index contributed by atoms with van der Waals surface area (Å²) < 4.78 is 7.00. The van der Waals surface area contributed by atoms with Crippen LogP contribution in [0.2, 0.25) is 0 Å². The standard InChI is InChI=1S/C53H44N4O/c1-51(2,3)45-32-31-36(47(54-45)52(4,5)6)33-27-29-35(30-28-33)49-55-48(34-17-8-7-9-18-34)56-50(57-49)39-21-16-25-43-46(39)58-44-26-15-14-24-42(44)53(43)40-22-12-10-19-37(40)38-20-11-13-23-41(38)53/h7-32H,1-6H3. The number of aromatic nitrogens is 4. The fraction of sp³-hybridized carbons (Fsp3) is 0.170. The van der Waals surface area contributed by atoms with Gasteiger partial charge >= 0.3 is 0 Å². The van der Waals surface area contributed by atoms with Gasteiger partial charge in [0.25, 0.3) is 0 Å². The van der Waals surface area contributed by atoms with Gasteiger partial charge in [-0.25, -0.2) is 15.0 Å². The molecule has 2 aromatic heterocycles. The third-order valence-corrected chi connectivity index (χ3v) is 11.6. The van der Waals surface area contributed by atoms with Crippen LogP contribution in [0.15, 0.2) is 158 Å². The van der Waals surface area contributed by atoms with Gasteiger partial charge in [-0.1, -0.05) is 181 Å². The van der Waals surface area contributed by atoms with Crippen molar-refractivity contribution < 1.29 is 4.74 Å². The summed E-state index contributed by atoms with van der Waals surface area (Å²) in [4.78, 5) is 20.8. The van der Waals surface area contributed by atoms with Gasteiger partial charge in [0, 0.05) is 44.3 Å². The SMILES string of the molecule is CC(C)(C)c1ccc(-c2ccc(-c3nc(-c4ccccc4)nc(-c4cccc5c4Oc4ccccc4C54c5ccccc5-c5ccccc54)n3)cc2)c(C(C)(C)C)n1. The van der Waals surface area contributed by atoms with Crippen LogP contribution < -0.4 is 4.74 Å². The highest BCUT2D eigenvalue weighted by Gasteiger charge is 2.51. The summed E-state index contributed by atoms with van der Waals surface area (Å²) in [5.74, 6) is 3.31. The first-order valence-electron chi connectivity index (χ1n) is 20.1. The second kappa shape index (κ2) is 13.2. The molecule has 282 valence electrons. The molecule has 1 aliphatic carbocycles. The molecule has 0 saturated carbocycles. The summed E-state index contributed by atoms with van der Waals surface area (Å²) in [6, 6.07) is 55.5. The van der Waals surface area contributed by atoms with E-state index in [1.165, 1.54) is 22.3 Å². The van der Waals surface area contributed by atoms with E-state index in [0.29, 0.717) is 17.5 Å². The molecule has 0 radical (unpaired) electrons. The number of hydrogen-bond donors (Lipinski definition) is 0. The van der Waals surface area contributed by atoms with Gasteiger partial charge < -0.3 is 4.74 Å². The first kappa shape index (κ1) is 35.7. The molecule has 0 unspecified atom stereocenters. The number of rotatable bonds is 4. The van der Waals surface area contributed by atoms with Gasteiger partial charge in [-0.2, -0.15) is 0 Å². The van der Waals surface area contributed by atoms with E-state index < -0.39 is 5.41 Å². The summed E-state index contributed by atoms with van der Waals surface area (Å²) in [6.07, 6.45) is 0. The van der Waals surface area contributed by atoms with Crippen LogP contribution in [0.4, 0.5) is 0 Å². The lowest BCUT2D eigenvalue weighted by atomic mass is 9.66. The Morgan fingerprint density at radius 1 is 0.379 bits per heavy atom. The van der Waals surface area contributed by atoms with Crippen molar-refractivity contribution in [3.8, 4) is 67.9 Å². The maximum atomic E-state index is 7.00. The normalized spacial score (nSPS) is 13.6. The second-order valence-corrected chi connectivity index (χ2v) is 17.5. The van der Waals surface area contributed by atoms with Crippen molar-refractivity contribution >= 4 is 0 Å². The van der Waals surface area contributed by atoms with Crippen LogP contribution in [0.1, 0.15) is 75.2 Å². The molecule has 5 heteroatoms. The first-order valence-corrected chi connectivity index (χ1v) is 20.1. The van der Waals surface area contributed by atoms with Crippen LogP contribution in [0, 0.1) is 0 Å². The fourth-order valence-electron chi connectivity index (χ4n) is 8.88. The summed E-state index contributed by atoms with van der Waals surface area (Å²) in [5, 5.41) is 0. The van der Waals surface area contributed by atoms with Crippen LogP contribution in [-0.4, -0.2) is 19.9 Å². The first-order chi connectivity index (χ1) is 28.0. The van der Waals surface area contributed by atoms with Gasteiger partial charge in [-0.15, -0.1) is 0 Å². The molecule has 0 N–H and O–H groups in total. The highest BCUT2D eigenvalue weighted by molar-refractivity contribution is 5.90. The minimum atomic E-state index is -0.590. The highest BCUT2D eigenvalue weighted by atomic mass is 16.5. The van der Waals surface area contributed by atoms with Crippen molar-refractivity contribution in [2.75, 3.05) is 0 Å². The van der Waals surface area contributed by atoms with E-state index in [1.807, 2.05) is 36.4 Å². The van der Waals surface area contributed by atoms with Gasteiger partial charge in [0.15, 0.2) is 17.5 Å². The average molecular weight is 753 g/mol. The molecular formula is C53H44N4O. The van der Waals surface area contributed by atoms with E-state index in [4.69, 9.17) is 24.7 Å². The van der Waals surface area contributed by atoms with Crippen LogP contribution in [0.3, 0.4) is 0 Å². The highest BCUT2D eigenvalue weighted by Crippen LogP contribution is 2.63. The molecule has 0 fully saturated rings. The van der Waals surface area contributed by atoms with Gasteiger partial charge in [-0.3, -0.25) is 4.98 Å². The van der Waals surface area contributed by atoms with E-state index in [2.05, 4.69) is 163 Å². The summed E-state index contributed by atoms with van der Waals surface area (Å²) in [7, 11) is 0. The molecule has 10 rings (SSSR count). The maximum Gasteiger partial charge on any atom is 0.167 e. The van der Waals surface area contributed by atoms with E-state index in [-0.39, 0.29) is 10.8 Å². The summed E-state index contributed by atoms with van der Waals surface area (Å²) in [5.41, 5.74) is 13.4. The Balaban J connectivity index is 1.15. The molecule has 2 aliphatic rings. The molecule has 0 bridgehead atoms. The Morgan fingerprint density at radius 2 is 0.897 bits per heavy atom. The third kappa shape index (κ3) is 5.60. The monoisotopic (exact) mass is 752 g/mol. The average Bonchev–Trinajstić information content (AvgIpc) is 3.53. The Labute approximate surface area is 340 Å². The minimum absolute atomic E-state index is 0.0473. The van der Waals surface area contributed by atoms with E-state index in [9.17, 15) is 0 Å². The molecule has 1 aliphatic heterocycles. The Kier molecular flexibility index (Phi) is 8.10. The largest absolute Gasteiger partial charge is 0.456 e. The van der Waals surface area contributed by atoms with E-state index in [1.54, 1.807) is 0 Å². The molecule has 8 aromatic rings. The predicted octanol–water partition coefficient (Wildman–Crippen LogP) is 13.0. The quantitative estimate of drug-likeness (QED) is 0.179. The van der Waals surface area contributed by atoms with E-state index >= 15 is 0 Å². The third-order valence-electron chi connectivity index (χ3n) is 11.6. The number of fused-ring (bicyclic) bond motifs is 9. The number of hydrogen-bond acceptors (Lipinski definition) is 5. The number of ether oxygens (including phenoxy) is 1. The summed E-state index contributed by atoms with van der Waals surface area (Å²) in [6.45, 7) is 13.3. The molecule has 0 saturated heterocycles. The number of para-hydroxylation sites is 2. The number of benzene rings is 6. The predicted molar refractivity (Wildman–Crippen MR) is 234 cm³/mol. The fourth-order valence-corrected chi connectivity index (χ4v) is 8.88. The van der Waals surface area contributed by atoms with Crippen LogP contribution in [-0.2, 0) is 16.2 Å². The van der Waals surface area contributed by atoms with E-state index in [0.717, 1.165) is 61.8 Å². The van der Waals surface area contributed by atoms with Crippen molar-refractivity contribution in [2.45, 2.75) is 57.8 Å². The molecule has 6 aromatic carbocycles. The molecule has 3 heterocycles. The van der Waals surface area contributed by atoms with Crippen molar-refractivity contribution in [2.24, 2.45) is 0 Å². The van der Waals surface area contributed by atoms with Crippen molar-refractivity contribution in [3.05, 3.63) is 191 Å². The Bertz CT molecular complexity index is 2840. The molecule has 1 spiro atoms. The van der Waals surface area contributed by atoms with Crippen molar-refractivity contribution in [3.63, 3.8) is 0 Å². The number of nitrogens with zero attached hydrogens (tertiary/aromatic N) is 4. The lowest BCUT2D eigenvalue weighted by molar-refractivity contribution is 0.437. The van der Waals surface area contributed by atoms with Crippen LogP contribution in [0.5, 0.6) is 11.5 Å². The zero-order valence-corrected chi connectivity index (χ0v) is 33.7. The topological polar surface area (TPSA) is 60.8 Å².